The van der Waals surface area contributed by atoms with Crippen molar-refractivity contribution in [2.24, 2.45) is 0 Å². The van der Waals surface area contributed by atoms with Crippen LogP contribution >= 0.6 is 47.8 Å². The maximum Gasteiger partial charge on any atom is 0.254 e. The zero-order chi connectivity index (χ0) is 16.4. The van der Waals surface area contributed by atoms with Gasteiger partial charge in [-0.15, -0.1) is 0 Å². The molecular formula is C13H16Br3NO3S. The number of hydrogen-bond acceptors (Lipinski definition) is 3. The maximum atomic E-state index is 12.5. The lowest BCUT2D eigenvalue weighted by molar-refractivity contribution is 0.0772. The predicted molar refractivity (Wildman–Crippen MR) is 95.1 cm³/mol. The monoisotopic (exact) mass is 503 g/mol. The number of rotatable bonds is 4. The molecule has 1 aromatic rings. The number of carbonyl (C=O) groups excluding carboxylic acids is 1. The molecule has 0 unspecified atom stereocenters. The Kier molecular flexibility index (Phi) is 6.47. The van der Waals surface area contributed by atoms with Crippen LogP contribution in [0.5, 0.6) is 0 Å². The van der Waals surface area contributed by atoms with Gasteiger partial charge in [0.2, 0.25) is 11.3 Å². The molecule has 0 bridgehead atoms. The molecule has 0 aliphatic heterocycles. The Labute approximate surface area is 150 Å². The van der Waals surface area contributed by atoms with E-state index in [1.165, 1.54) is 12.1 Å². The number of amides is 1. The molecule has 1 aromatic carbocycles. The zero-order valence-electron chi connectivity index (χ0n) is 11.9. The molecule has 0 aromatic heterocycles. The molecule has 1 rings (SSSR count). The van der Waals surface area contributed by atoms with E-state index in [0.29, 0.717) is 18.7 Å². The number of carbonyl (C=O) groups is 1. The van der Waals surface area contributed by atoms with Crippen LogP contribution in [0.3, 0.4) is 0 Å². The van der Waals surface area contributed by atoms with Crippen LogP contribution in [0.1, 0.15) is 29.8 Å². The summed E-state index contributed by atoms with van der Waals surface area (Å²) in [6, 6.07) is 4.55. The normalized spacial score (nSPS) is 12.3. The Hall–Kier alpha value is 0.0800. The molecule has 0 saturated heterocycles. The highest BCUT2D eigenvalue weighted by atomic mass is 80.0. The average Bonchev–Trinajstić information content (AvgIpc) is 2.38. The molecule has 0 radical (unpaired) electrons. The lowest BCUT2D eigenvalue weighted by atomic mass is 10.1. The van der Waals surface area contributed by atoms with Crippen LogP contribution in [0.4, 0.5) is 0 Å². The van der Waals surface area contributed by atoms with Crippen molar-refractivity contribution in [3.63, 3.8) is 0 Å². The molecule has 0 aliphatic carbocycles. The van der Waals surface area contributed by atoms with Gasteiger partial charge in [-0.3, -0.25) is 4.79 Å². The van der Waals surface area contributed by atoms with Crippen LogP contribution in [-0.2, 0) is 9.84 Å². The number of hydrogen-bond donors (Lipinski definition) is 0. The molecule has 0 aliphatic rings. The largest absolute Gasteiger partial charge is 0.339 e. The van der Waals surface area contributed by atoms with Gasteiger partial charge in [0.05, 0.1) is 4.90 Å². The fourth-order valence-corrected chi connectivity index (χ4v) is 4.28. The van der Waals surface area contributed by atoms with Crippen molar-refractivity contribution in [1.29, 1.82) is 0 Å². The molecule has 0 atom stereocenters. The predicted octanol–water partition coefficient (Wildman–Crippen LogP) is 4.05. The first-order chi connectivity index (χ1) is 9.56. The Morgan fingerprint density at radius 2 is 1.71 bits per heavy atom. The summed E-state index contributed by atoms with van der Waals surface area (Å²) in [6.45, 7) is 6.71. The Morgan fingerprint density at radius 1 is 1.19 bits per heavy atom. The van der Waals surface area contributed by atoms with Crippen molar-refractivity contribution in [3.05, 3.63) is 29.3 Å². The summed E-state index contributed by atoms with van der Waals surface area (Å²) in [4.78, 5) is 14.2. The van der Waals surface area contributed by atoms with Gasteiger partial charge in [0.25, 0.3) is 5.91 Å². The van der Waals surface area contributed by atoms with Gasteiger partial charge in [-0.2, -0.15) is 0 Å². The van der Waals surface area contributed by atoms with Crippen molar-refractivity contribution in [1.82, 2.24) is 4.90 Å². The van der Waals surface area contributed by atoms with E-state index in [1.54, 1.807) is 17.9 Å². The van der Waals surface area contributed by atoms with E-state index < -0.39 is 11.3 Å². The number of halogens is 3. The van der Waals surface area contributed by atoms with Gasteiger partial charge < -0.3 is 4.90 Å². The third kappa shape index (κ3) is 4.09. The Morgan fingerprint density at radius 3 is 2.14 bits per heavy atom. The summed E-state index contributed by atoms with van der Waals surface area (Å²) in [5.41, 5.74) is 1.15. The summed E-state index contributed by atoms with van der Waals surface area (Å²) in [5, 5.41) is 0. The molecular weight excluding hydrogens is 490 g/mol. The first-order valence-corrected chi connectivity index (χ1v) is 10.1. The second kappa shape index (κ2) is 7.10. The van der Waals surface area contributed by atoms with Gasteiger partial charge in [0, 0.05) is 18.7 Å². The molecule has 0 fully saturated rings. The summed E-state index contributed by atoms with van der Waals surface area (Å²) in [5.74, 6) is -0.168. The highest BCUT2D eigenvalue weighted by molar-refractivity contribution is 9.42. The van der Waals surface area contributed by atoms with Crippen LogP contribution in [0, 0.1) is 6.92 Å². The van der Waals surface area contributed by atoms with Crippen LogP contribution in [0.25, 0.3) is 0 Å². The van der Waals surface area contributed by atoms with E-state index in [9.17, 15) is 13.2 Å². The maximum absolute atomic E-state index is 12.5. The topological polar surface area (TPSA) is 54.5 Å². The van der Waals surface area contributed by atoms with Gasteiger partial charge in [0.1, 0.15) is 0 Å². The smallest absolute Gasteiger partial charge is 0.254 e. The molecule has 0 saturated carbocycles. The Balaban J connectivity index is 3.40. The fraction of sp³-hybridized carbons (Fsp3) is 0.462. The van der Waals surface area contributed by atoms with Gasteiger partial charge in [0.15, 0.2) is 0 Å². The first kappa shape index (κ1) is 19.1. The van der Waals surface area contributed by atoms with Gasteiger partial charge in [-0.1, -0.05) is 6.07 Å². The van der Waals surface area contributed by atoms with Crippen molar-refractivity contribution in [3.8, 4) is 0 Å². The number of sulfone groups is 1. The lowest BCUT2D eigenvalue weighted by Gasteiger charge is -2.21. The minimum absolute atomic E-state index is 0.0641. The van der Waals surface area contributed by atoms with E-state index in [0.717, 1.165) is 5.56 Å². The summed E-state index contributed by atoms with van der Waals surface area (Å²) in [6.07, 6.45) is 0. The lowest BCUT2D eigenvalue weighted by Crippen LogP contribution is -2.31. The van der Waals surface area contributed by atoms with Crippen molar-refractivity contribution in [2.75, 3.05) is 13.1 Å². The first-order valence-electron chi connectivity index (χ1n) is 6.27. The average molecular weight is 506 g/mol. The second-order valence-corrected chi connectivity index (χ2v) is 14.8. The molecule has 8 heteroatoms. The third-order valence-corrected chi connectivity index (χ3v) is 8.42. The van der Waals surface area contributed by atoms with E-state index in [2.05, 4.69) is 47.8 Å². The SMILES string of the molecule is CCN(CC)C(=O)c1cc(S(=O)(=O)C(Br)(Br)Br)ccc1C. The van der Waals surface area contributed by atoms with Crippen LogP contribution < -0.4 is 0 Å². The molecule has 21 heavy (non-hydrogen) atoms. The van der Waals surface area contributed by atoms with Gasteiger partial charge in [-0.25, -0.2) is 8.42 Å². The van der Waals surface area contributed by atoms with Crippen LogP contribution in [0.15, 0.2) is 23.1 Å². The summed E-state index contributed by atoms with van der Waals surface area (Å²) in [7, 11) is -3.71. The number of benzene rings is 1. The van der Waals surface area contributed by atoms with Crippen molar-refractivity contribution < 1.29 is 13.2 Å². The molecule has 1 amide bonds. The second-order valence-electron chi connectivity index (χ2n) is 4.40. The minimum Gasteiger partial charge on any atom is -0.339 e. The molecule has 4 nitrogen and oxygen atoms in total. The number of alkyl halides is 3. The third-order valence-electron chi connectivity index (χ3n) is 3.11. The summed E-state index contributed by atoms with van der Waals surface area (Å²) >= 11 is 9.07. The highest BCUT2D eigenvalue weighted by Gasteiger charge is 2.37. The highest BCUT2D eigenvalue weighted by Crippen LogP contribution is 2.43. The van der Waals surface area contributed by atoms with Crippen LogP contribution in [0.2, 0.25) is 0 Å². The number of nitrogens with zero attached hydrogens (tertiary/aromatic N) is 1. The molecule has 118 valence electrons. The van der Waals surface area contributed by atoms with Gasteiger partial charge >= 0.3 is 0 Å². The van der Waals surface area contributed by atoms with Gasteiger partial charge in [-0.05, 0) is 86.3 Å². The van der Waals surface area contributed by atoms with Crippen molar-refractivity contribution >= 4 is 63.5 Å². The zero-order valence-corrected chi connectivity index (χ0v) is 17.4. The molecule has 0 heterocycles. The molecule has 0 N–H and O–H groups in total. The Bertz CT molecular complexity index is 635. The van der Waals surface area contributed by atoms with Crippen LogP contribution in [-0.4, -0.2) is 33.8 Å². The fourth-order valence-electron chi connectivity index (χ4n) is 1.81. The van der Waals surface area contributed by atoms with E-state index in [1.807, 2.05) is 13.8 Å². The van der Waals surface area contributed by atoms with E-state index in [4.69, 9.17) is 0 Å². The van der Waals surface area contributed by atoms with E-state index >= 15 is 0 Å². The number of aryl methyl sites for hydroxylation is 1. The summed E-state index contributed by atoms with van der Waals surface area (Å²) < 4.78 is 23.3. The van der Waals surface area contributed by atoms with Crippen molar-refractivity contribution in [2.45, 2.75) is 27.1 Å². The molecule has 0 spiro atoms. The quantitative estimate of drug-likeness (QED) is 0.580. The van der Waals surface area contributed by atoms with E-state index in [-0.39, 0.29) is 10.8 Å². The standard InChI is InChI=1S/C13H16Br3NO3S/c1-4-17(5-2)12(18)11-8-10(7-6-9(11)3)21(19,20)13(14,15)16/h6-8H,4-5H2,1-3H3. The minimum atomic E-state index is -3.71.